The van der Waals surface area contributed by atoms with E-state index in [0.717, 1.165) is 9.75 Å². The molecule has 0 saturated heterocycles. The Morgan fingerprint density at radius 2 is 2.31 bits per heavy atom. The highest BCUT2D eigenvalue weighted by atomic mass is 32.1. The van der Waals surface area contributed by atoms with Crippen molar-refractivity contribution in [1.82, 2.24) is 4.90 Å². The summed E-state index contributed by atoms with van der Waals surface area (Å²) in [5.74, 6) is 0.0138. The van der Waals surface area contributed by atoms with E-state index < -0.39 is 0 Å². The number of aryl methyl sites for hydroxylation is 1. The van der Waals surface area contributed by atoms with Crippen molar-refractivity contribution >= 4 is 17.2 Å². The van der Waals surface area contributed by atoms with Crippen LogP contribution in [0.2, 0.25) is 0 Å². The number of carbonyl (C=O) groups is 1. The molecule has 1 aromatic heterocycles. The number of hydrogen-bond acceptors (Lipinski definition) is 3. The first kappa shape index (κ1) is 10.2. The molecule has 0 aliphatic rings. The maximum atomic E-state index is 11.6. The molecular formula is C9H13NO2S. The first-order valence-electron chi connectivity index (χ1n) is 3.96. The molecule has 0 aliphatic carbocycles. The zero-order valence-corrected chi connectivity index (χ0v) is 8.85. The van der Waals surface area contributed by atoms with E-state index in [1.54, 1.807) is 19.1 Å². The van der Waals surface area contributed by atoms with Crippen molar-refractivity contribution in [3.05, 3.63) is 21.9 Å². The second kappa shape index (κ2) is 4.39. The average molecular weight is 199 g/mol. The lowest BCUT2D eigenvalue weighted by Crippen LogP contribution is -2.27. The fourth-order valence-electron chi connectivity index (χ4n) is 0.990. The molecule has 0 N–H and O–H groups in total. The summed E-state index contributed by atoms with van der Waals surface area (Å²) in [7, 11) is 3.30. The molecule has 0 unspecified atom stereocenters. The van der Waals surface area contributed by atoms with Crippen LogP contribution in [0.15, 0.2) is 12.1 Å². The SMILES string of the molecule is COCN(C)C(=O)c1ccc(C)s1. The minimum atomic E-state index is 0.0138. The summed E-state index contributed by atoms with van der Waals surface area (Å²) in [6.07, 6.45) is 0. The molecule has 1 heterocycles. The Labute approximate surface area is 81.9 Å². The van der Waals surface area contributed by atoms with Gasteiger partial charge < -0.3 is 9.64 Å². The molecular weight excluding hydrogens is 186 g/mol. The predicted molar refractivity (Wildman–Crippen MR) is 53.0 cm³/mol. The molecule has 0 saturated carbocycles. The Bertz CT molecular complexity index is 296. The number of rotatable bonds is 3. The third-order valence-corrected chi connectivity index (χ3v) is 2.61. The van der Waals surface area contributed by atoms with E-state index in [0.29, 0.717) is 6.73 Å². The van der Waals surface area contributed by atoms with Crippen LogP contribution in [0.5, 0.6) is 0 Å². The standard InChI is InChI=1S/C9H13NO2S/c1-7-4-5-8(13-7)9(11)10(2)6-12-3/h4-5H,6H2,1-3H3. The van der Waals surface area contributed by atoms with Crippen LogP contribution in [0.25, 0.3) is 0 Å². The second-order valence-corrected chi connectivity index (χ2v) is 4.12. The third-order valence-electron chi connectivity index (χ3n) is 1.62. The van der Waals surface area contributed by atoms with Crippen molar-refractivity contribution in [1.29, 1.82) is 0 Å². The van der Waals surface area contributed by atoms with Crippen LogP contribution in [0.1, 0.15) is 14.5 Å². The van der Waals surface area contributed by atoms with Crippen LogP contribution < -0.4 is 0 Å². The molecule has 1 aromatic rings. The molecule has 4 heteroatoms. The average Bonchev–Trinajstić information content (AvgIpc) is 2.51. The number of nitrogens with zero attached hydrogens (tertiary/aromatic N) is 1. The lowest BCUT2D eigenvalue weighted by molar-refractivity contribution is 0.0512. The molecule has 0 bridgehead atoms. The zero-order valence-electron chi connectivity index (χ0n) is 8.03. The van der Waals surface area contributed by atoms with Crippen molar-refractivity contribution in [3.63, 3.8) is 0 Å². The molecule has 0 fully saturated rings. The molecule has 13 heavy (non-hydrogen) atoms. The van der Waals surface area contributed by atoms with Gasteiger partial charge in [0.05, 0.1) is 4.88 Å². The maximum absolute atomic E-state index is 11.6. The Morgan fingerprint density at radius 3 is 2.77 bits per heavy atom. The quantitative estimate of drug-likeness (QED) is 0.694. The molecule has 72 valence electrons. The van der Waals surface area contributed by atoms with E-state index in [1.165, 1.54) is 11.3 Å². The van der Waals surface area contributed by atoms with Crippen LogP contribution in [0, 0.1) is 6.92 Å². The topological polar surface area (TPSA) is 29.5 Å². The van der Waals surface area contributed by atoms with Gasteiger partial charge in [0.1, 0.15) is 6.73 Å². The number of carbonyl (C=O) groups excluding carboxylic acids is 1. The van der Waals surface area contributed by atoms with Crippen LogP contribution >= 0.6 is 11.3 Å². The number of ether oxygens (including phenoxy) is 1. The minimum Gasteiger partial charge on any atom is -0.364 e. The highest BCUT2D eigenvalue weighted by Crippen LogP contribution is 2.16. The summed E-state index contributed by atoms with van der Waals surface area (Å²) in [5.41, 5.74) is 0. The number of methoxy groups -OCH3 is 1. The van der Waals surface area contributed by atoms with Gasteiger partial charge in [-0.15, -0.1) is 11.3 Å². The predicted octanol–water partition coefficient (Wildman–Crippen LogP) is 1.73. The normalized spacial score (nSPS) is 10.1. The zero-order chi connectivity index (χ0) is 9.84. The van der Waals surface area contributed by atoms with Gasteiger partial charge in [-0.2, -0.15) is 0 Å². The van der Waals surface area contributed by atoms with Crippen LogP contribution in [0.3, 0.4) is 0 Å². The third kappa shape index (κ3) is 2.54. The van der Waals surface area contributed by atoms with Crippen molar-refractivity contribution in [2.24, 2.45) is 0 Å². The van der Waals surface area contributed by atoms with E-state index in [4.69, 9.17) is 4.74 Å². The van der Waals surface area contributed by atoms with Crippen molar-refractivity contribution in [2.75, 3.05) is 20.9 Å². The van der Waals surface area contributed by atoms with E-state index in [-0.39, 0.29) is 5.91 Å². The second-order valence-electron chi connectivity index (χ2n) is 2.83. The summed E-state index contributed by atoms with van der Waals surface area (Å²) in [4.78, 5) is 15.1. The largest absolute Gasteiger partial charge is 0.364 e. The van der Waals surface area contributed by atoms with E-state index >= 15 is 0 Å². The highest BCUT2D eigenvalue weighted by molar-refractivity contribution is 7.13. The summed E-state index contributed by atoms with van der Waals surface area (Å²) >= 11 is 1.50. The molecule has 0 atom stereocenters. The fraction of sp³-hybridized carbons (Fsp3) is 0.444. The first-order valence-corrected chi connectivity index (χ1v) is 4.77. The van der Waals surface area contributed by atoms with Gasteiger partial charge in [0.25, 0.3) is 5.91 Å². The fourth-order valence-corrected chi connectivity index (χ4v) is 1.85. The van der Waals surface area contributed by atoms with Gasteiger partial charge in [-0.3, -0.25) is 4.79 Å². The molecule has 3 nitrogen and oxygen atoms in total. The van der Waals surface area contributed by atoms with Crippen molar-refractivity contribution in [3.8, 4) is 0 Å². The lowest BCUT2D eigenvalue weighted by Gasteiger charge is -2.14. The van der Waals surface area contributed by atoms with Gasteiger partial charge in [0, 0.05) is 19.0 Å². The Hall–Kier alpha value is -0.870. The smallest absolute Gasteiger partial charge is 0.265 e. The van der Waals surface area contributed by atoms with Gasteiger partial charge >= 0.3 is 0 Å². The number of thiophene rings is 1. The van der Waals surface area contributed by atoms with E-state index in [9.17, 15) is 4.79 Å². The monoisotopic (exact) mass is 199 g/mol. The molecule has 0 radical (unpaired) electrons. The molecule has 0 aromatic carbocycles. The summed E-state index contributed by atoms with van der Waals surface area (Å²) in [6, 6.07) is 3.78. The maximum Gasteiger partial charge on any atom is 0.265 e. The van der Waals surface area contributed by atoms with E-state index in [1.807, 2.05) is 19.1 Å². The van der Waals surface area contributed by atoms with Gasteiger partial charge in [-0.25, -0.2) is 0 Å². The lowest BCUT2D eigenvalue weighted by atomic mass is 10.4. The van der Waals surface area contributed by atoms with Gasteiger partial charge in [-0.1, -0.05) is 0 Å². The molecule has 0 aliphatic heterocycles. The van der Waals surface area contributed by atoms with Crippen molar-refractivity contribution in [2.45, 2.75) is 6.92 Å². The van der Waals surface area contributed by atoms with Gasteiger partial charge in [0.2, 0.25) is 0 Å². The summed E-state index contributed by atoms with van der Waals surface area (Å²) in [5, 5.41) is 0. The van der Waals surface area contributed by atoms with Crippen LogP contribution in [-0.2, 0) is 4.74 Å². The highest BCUT2D eigenvalue weighted by Gasteiger charge is 2.12. The van der Waals surface area contributed by atoms with Gasteiger partial charge in [0.15, 0.2) is 0 Å². The number of amides is 1. The molecule has 1 amide bonds. The van der Waals surface area contributed by atoms with Crippen LogP contribution in [0.4, 0.5) is 0 Å². The number of hydrogen-bond donors (Lipinski definition) is 0. The van der Waals surface area contributed by atoms with E-state index in [2.05, 4.69) is 0 Å². The summed E-state index contributed by atoms with van der Waals surface area (Å²) < 4.78 is 4.86. The Kier molecular flexibility index (Phi) is 3.45. The molecule has 0 spiro atoms. The van der Waals surface area contributed by atoms with Gasteiger partial charge in [-0.05, 0) is 19.1 Å². The Balaban J connectivity index is 2.67. The Morgan fingerprint density at radius 1 is 1.62 bits per heavy atom. The first-order chi connectivity index (χ1) is 6.15. The van der Waals surface area contributed by atoms with Crippen molar-refractivity contribution < 1.29 is 9.53 Å². The summed E-state index contributed by atoms with van der Waals surface area (Å²) in [6.45, 7) is 2.31. The molecule has 1 rings (SSSR count). The van der Waals surface area contributed by atoms with Crippen LogP contribution in [-0.4, -0.2) is 31.7 Å². The minimum absolute atomic E-state index is 0.0138.